The summed E-state index contributed by atoms with van der Waals surface area (Å²) in [7, 11) is 0. The zero-order valence-corrected chi connectivity index (χ0v) is 19.1. The van der Waals surface area contributed by atoms with Crippen molar-refractivity contribution < 1.29 is 13.6 Å². The number of carbonyl (C=O) groups excluding carboxylic acids is 1. The van der Waals surface area contributed by atoms with Gasteiger partial charge in [0.15, 0.2) is 0 Å². The lowest BCUT2D eigenvalue weighted by atomic mass is 9.78. The molecule has 3 aromatic carbocycles. The lowest BCUT2D eigenvalue weighted by Crippen LogP contribution is -2.34. The van der Waals surface area contributed by atoms with Crippen LogP contribution in [0.1, 0.15) is 29.7 Å². The second-order valence-corrected chi connectivity index (χ2v) is 8.50. The Kier molecular flexibility index (Phi) is 5.64. The van der Waals surface area contributed by atoms with E-state index in [-0.39, 0.29) is 11.5 Å². The van der Waals surface area contributed by atoms with E-state index in [2.05, 4.69) is 10.2 Å². The van der Waals surface area contributed by atoms with Crippen LogP contribution in [0, 0.1) is 24.5 Å². The van der Waals surface area contributed by atoms with Gasteiger partial charge in [0.05, 0.1) is 17.3 Å². The molecule has 176 valence electrons. The third-order valence-corrected chi connectivity index (χ3v) is 6.26. The molecule has 4 aromatic rings. The lowest BCUT2D eigenvalue weighted by molar-refractivity contribution is -0.120. The van der Waals surface area contributed by atoms with Gasteiger partial charge in [-0.3, -0.25) is 14.7 Å². The molecule has 6 nitrogen and oxygen atoms in total. The number of hydrazone groups is 1. The van der Waals surface area contributed by atoms with E-state index in [9.17, 15) is 18.4 Å². The van der Waals surface area contributed by atoms with Gasteiger partial charge in [0, 0.05) is 22.9 Å². The standard InChI is InChI=1S/C27H22F2N4O2/c1-16-23(26(34)32(30-16)21-12-8-19(28)9-13-21)25(18-6-4-3-5-7-18)24-17(2)31-33(27(24)35)22-14-10-20(29)11-15-22/h3-15,23,25,31H,1-2H3/t23-,25+/m0/s1. The molecule has 1 aliphatic rings. The van der Waals surface area contributed by atoms with Gasteiger partial charge >= 0.3 is 0 Å². The zero-order valence-electron chi connectivity index (χ0n) is 19.1. The quantitative estimate of drug-likeness (QED) is 0.448. The van der Waals surface area contributed by atoms with E-state index in [1.807, 2.05) is 30.3 Å². The number of H-pyrrole nitrogens is 1. The molecule has 2 atom stereocenters. The first-order valence-corrected chi connectivity index (χ1v) is 11.1. The molecule has 1 aromatic heterocycles. The maximum Gasteiger partial charge on any atom is 0.275 e. The van der Waals surface area contributed by atoms with Crippen molar-refractivity contribution in [3.05, 3.63) is 118 Å². The van der Waals surface area contributed by atoms with Gasteiger partial charge in [-0.25, -0.2) is 18.5 Å². The fraction of sp³-hybridized carbons (Fsp3) is 0.148. The molecule has 0 unspecified atom stereocenters. The molecule has 1 amide bonds. The van der Waals surface area contributed by atoms with Gasteiger partial charge in [-0.05, 0) is 67.9 Å². The van der Waals surface area contributed by atoms with Gasteiger partial charge in [-0.2, -0.15) is 5.10 Å². The molecule has 0 fully saturated rings. The summed E-state index contributed by atoms with van der Waals surface area (Å²) < 4.78 is 28.3. The summed E-state index contributed by atoms with van der Waals surface area (Å²) in [4.78, 5) is 27.4. The van der Waals surface area contributed by atoms with Crippen molar-refractivity contribution in [3.8, 4) is 5.69 Å². The number of aromatic nitrogens is 2. The van der Waals surface area contributed by atoms with E-state index < -0.39 is 23.5 Å². The summed E-state index contributed by atoms with van der Waals surface area (Å²) in [5.74, 6) is -2.49. The number of benzene rings is 3. The Balaban J connectivity index is 1.63. The molecule has 0 bridgehead atoms. The third-order valence-electron chi connectivity index (χ3n) is 6.26. The molecular weight excluding hydrogens is 450 g/mol. The highest BCUT2D eigenvalue weighted by atomic mass is 19.1. The van der Waals surface area contributed by atoms with E-state index in [1.54, 1.807) is 13.8 Å². The maximum atomic E-state index is 13.7. The fourth-order valence-electron chi connectivity index (χ4n) is 4.61. The number of nitrogens with one attached hydrogen (secondary N) is 1. The Morgan fingerprint density at radius 3 is 2.00 bits per heavy atom. The van der Waals surface area contributed by atoms with Gasteiger partial charge in [-0.1, -0.05) is 30.3 Å². The second kappa shape index (κ2) is 8.79. The van der Waals surface area contributed by atoms with Crippen molar-refractivity contribution in [1.29, 1.82) is 0 Å². The van der Waals surface area contributed by atoms with Crippen molar-refractivity contribution in [2.24, 2.45) is 11.0 Å². The molecular formula is C27H22F2N4O2. The SMILES string of the molecule is CC1=NN(c2ccc(F)cc2)C(=O)[C@@H]1[C@@H](c1ccccc1)c1c(C)[nH]n(-c2ccc(F)cc2)c1=O. The Bertz CT molecular complexity index is 1470. The molecule has 1 aliphatic heterocycles. The van der Waals surface area contributed by atoms with Crippen LogP contribution in [0.5, 0.6) is 0 Å². The summed E-state index contributed by atoms with van der Waals surface area (Å²) in [5.41, 5.74) is 2.94. The van der Waals surface area contributed by atoms with Crippen molar-refractivity contribution in [2.45, 2.75) is 19.8 Å². The first kappa shape index (κ1) is 22.5. The molecule has 0 saturated carbocycles. The minimum atomic E-state index is -0.744. The van der Waals surface area contributed by atoms with Crippen molar-refractivity contribution in [1.82, 2.24) is 9.78 Å². The van der Waals surface area contributed by atoms with Crippen molar-refractivity contribution in [3.63, 3.8) is 0 Å². The Morgan fingerprint density at radius 2 is 1.40 bits per heavy atom. The molecule has 1 N–H and O–H groups in total. The number of rotatable bonds is 5. The summed E-state index contributed by atoms with van der Waals surface area (Å²) in [6.07, 6.45) is 0. The number of carbonyl (C=O) groups is 1. The number of aromatic amines is 1. The number of hydrogen-bond acceptors (Lipinski definition) is 3. The van der Waals surface area contributed by atoms with E-state index in [4.69, 9.17) is 0 Å². The van der Waals surface area contributed by atoms with Gasteiger partial charge in [0.2, 0.25) is 0 Å². The number of amides is 1. The first-order valence-electron chi connectivity index (χ1n) is 11.1. The first-order chi connectivity index (χ1) is 16.8. The van der Waals surface area contributed by atoms with Crippen LogP contribution in [0.2, 0.25) is 0 Å². The number of nitrogens with zero attached hydrogens (tertiary/aromatic N) is 3. The molecule has 0 radical (unpaired) electrons. The van der Waals surface area contributed by atoms with Crippen LogP contribution in [0.3, 0.4) is 0 Å². The normalized spacial score (nSPS) is 16.5. The van der Waals surface area contributed by atoms with E-state index >= 15 is 0 Å². The molecule has 0 spiro atoms. The van der Waals surface area contributed by atoms with Crippen LogP contribution in [0.15, 0.2) is 88.8 Å². The van der Waals surface area contributed by atoms with Crippen LogP contribution < -0.4 is 10.6 Å². The molecule has 8 heteroatoms. The summed E-state index contributed by atoms with van der Waals surface area (Å²) in [5, 5.41) is 8.81. The van der Waals surface area contributed by atoms with Crippen LogP contribution in [-0.2, 0) is 4.79 Å². The molecule has 2 heterocycles. The van der Waals surface area contributed by atoms with Crippen molar-refractivity contribution >= 4 is 17.3 Å². The minimum Gasteiger partial charge on any atom is -0.295 e. The molecule has 0 saturated heterocycles. The number of hydrogen-bond donors (Lipinski definition) is 1. The zero-order chi connectivity index (χ0) is 24.7. The maximum absolute atomic E-state index is 13.7. The summed E-state index contributed by atoms with van der Waals surface area (Å²) >= 11 is 0. The smallest absolute Gasteiger partial charge is 0.275 e. The van der Waals surface area contributed by atoms with E-state index in [0.29, 0.717) is 28.3 Å². The average Bonchev–Trinajstić information content (AvgIpc) is 3.31. The van der Waals surface area contributed by atoms with Crippen LogP contribution >= 0.6 is 0 Å². The van der Waals surface area contributed by atoms with Crippen LogP contribution in [0.4, 0.5) is 14.5 Å². The largest absolute Gasteiger partial charge is 0.295 e. The highest BCUT2D eigenvalue weighted by molar-refractivity contribution is 6.15. The predicted octanol–water partition coefficient (Wildman–Crippen LogP) is 4.92. The molecule has 0 aliphatic carbocycles. The predicted molar refractivity (Wildman–Crippen MR) is 130 cm³/mol. The number of anilines is 1. The fourth-order valence-corrected chi connectivity index (χ4v) is 4.61. The summed E-state index contributed by atoms with van der Waals surface area (Å²) in [6.45, 7) is 3.53. The number of aryl methyl sites for hydroxylation is 1. The van der Waals surface area contributed by atoms with Crippen LogP contribution in [0.25, 0.3) is 5.69 Å². The molecule has 35 heavy (non-hydrogen) atoms. The average molecular weight is 472 g/mol. The Labute approximate surface area is 200 Å². The topological polar surface area (TPSA) is 70.5 Å². The molecule has 5 rings (SSSR count). The summed E-state index contributed by atoms with van der Waals surface area (Å²) in [6, 6.07) is 20.4. The van der Waals surface area contributed by atoms with Gasteiger partial charge in [-0.15, -0.1) is 0 Å². The monoisotopic (exact) mass is 472 g/mol. The highest BCUT2D eigenvalue weighted by Crippen LogP contribution is 2.38. The van der Waals surface area contributed by atoms with E-state index in [1.165, 1.54) is 58.2 Å². The third kappa shape index (κ3) is 3.97. The number of halogens is 2. The lowest BCUT2D eigenvalue weighted by Gasteiger charge is -2.23. The minimum absolute atomic E-state index is 0.309. The van der Waals surface area contributed by atoms with Crippen molar-refractivity contribution in [2.75, 3.05) is 5.01 Å². The van der Waals surface area contributed by atoms with Gasteiger partial charge < -0.3 is 0 Å². The van der Waals surface area contributed by atoms with Gasteiger partial charge in [0.1, 0.15) is 11.6 Å². The second-order valence-electron chi connectivity index (χ2n) is 8.50. The van der Waals surface area contributed by atoms with E-state index in [0.717, 1.165) is 5.56 Å². The Morgan fingerprint density at radius 1 is 0.829 bits per heavy atom. The van der Waals surface area contributed by atoms with Crippen LogP contribution in [-0.4, -0.2) is 21.4 Å². The highest BCUT2D eigenvalue weighted by Gasteiger charge is 2.43. The van der Waals surface area contributed by atoms with Gasteiger partial charge in [0.25, 0.3) is 11.5 Å². The Hall–Kier alpha value is -4.33.